The Morgan fingerprint density at radius 3 is 2.04 bits per heavy atom. The van der Waals surface area contributed by atoms with Crippen molar-refractivity contribution in [3.63, 3.8) is 0 Å². The Morgan fingerprint density at radius 1 is 1.00 bits per heavy atom. The minimum Gasteiger partial charge on any atom is -0.274 e. The maximum absolute atomic E-state index is 12.9. The number of allylic oxidation sites excluding steroid dienone is 2. The van der Waals surface area contributed by atoms with Crippen LogP contribution in [0.2, 0.25) is 0 Å². The number of imide groups is 1. The van der Waals surface area contributed by atoms with E-state index in [2.05, 4.69) is 12.2 Å². The molecule has 7 heteroatoms. The summed E-state index contributed by atoms with van der Waals surface area (Å²) in [6.07, 6.45) is 5.96. The van der Waals surface area contributed by atoms with Crippen molar-refractivity contribution in [3.05, 3.63) is 42.0 Å². The number of fused-ring (bicyclic) bond motifs is 1. The Balaban J connectivity index is 1.76. The molecule has 2 bridgehead atoms. The molecule has 0 spiro atoms. The van der Waals surface area contributed by atoms with E-state index in [1.807, 2.05) is 0 Å². The molecule has 0 radical (unpaired) electrons. The zero-order chi connectivity index (χ0) is 17.1. The lowest BCUT2D eigenvalue weighted by molar-refractivity contribution is -0.124. The summed E-state index contributed by atoms with van der Waals surface area (Å²) in [5.41, 5.74) is 0.707. The molecule has 4 aliphatic rings. The third kappa shape index (κ3) is 2.40. The van der Waals surface area contributed by atoms with Gasteiger partial charge >= 0.3 is 0 Å². The average molecular weight is 366 g/mol. The topological polar surface area (TPSA) is 71.5 Å². The van der Waals surface area contributed by atoms with Gasteiger partial charge in [-0.15, -0.1) is 0 Å². The summed E-state index contributed by atoms with van der Waals surface area (Å²) in [5.74, 6) is -1.28. The van der Waals surface area contributed by atoms with Crippen molar-refractivity contribution in [2.75, 3.05) is 4.90 Å². The fourth-order valence-corrected chi connectivity index (χ4v) is 5.32. The van der Waals surface area contributed by atoms with Crippen LogP contribution in [-0.2, 0) is 24.4 Å². The Kier molecular flexibility index (Phi) is 3.58. The highest BCUT2D eigenvalue weighted by Gasteiger charge is 2.57. The van der Waals surface area contributed by atoms with E-state index in [0.29, 0.717) is 11.3 Å². The van der Waals surface area contributed by atoms with Crippen LogP contribution >= 0.6 is 10.7 Å². The molecule has 1 aromatic rings. The fraction of sp³-hybridized carbons (Fsp3) is 0.412. The molecule has 1 saturated carbocycles. The highest BCUT2D eigenvalue weighted by molar-refractivity contribution is 8.13. The first-order valence-electron chi connectivity index (χ1n) is 7.93. The number of halogens is 1. The summed E-state index contributed by atoms with van der Waals surface area (Å²) in [5, 5.41) is 0. The molecule has 2 amide bonds. The Labute approximate surface area is 144 Å². The first kappa shape index (κ1) is 15.8. The van der Waals surface area contributed by atoms with Gasteiger partial charge in [-0.3, -0.25) is 9.59 Å². The molecular formula is C17H16ClNO4S. The van der Waals surface area contributed by atoms with Crippen LogP contribution in [0.25, 0.3) is 0 Å². The van der Waals surface area contributed by atoms with Crippen LogP contribution in [0.4, 0.5) is 5.69 Å². The smallest absolute Gasteiger partial charge is 0.238 e. The monoisotopic (exact) mass is 365 g/mol. The summed E-state index contributed by atoms with van der Waals surface area (Å²) < 4.78 is 22.9. The van der Waals surface area contributed by atoms with Crippen molar-refractivity contribution in [2.24, 2.45) is 23.7 Å². The third-order valence-electron chi connectivity index (χ3n) is 5.32. The van der Waals surface area contributed by atoms with Gasteiger partial charge in [0.2, 0.25) is 20.9 Å². The number of carbonyl (C=O) groups excluding carboxylic acids is 2. The summed E-state index contributed by atoms with van der Waals surface area (Å²) in [6, 6.07) is 6.56. The minimum atomic E-state index is -3.79. The number of anilines is 1. The van der Waals surface area contributed by atoms with Crippen molar-refractivity contribution in [2.45, 2.75) is 18.6 Å². The van der Waals surface area contributed by atoms with Gasteiger partial charge in [0.05, 0.1) is 23.3 Å². The molecule has 126 valence electrons. The molecule has 3 aliphatic carbocycles. The van der Waals surface area contributed by atoms with Gasteiger partial charge in [0.1, 0.15) is 0 Å². The van der Waals surface area contributed by atoms with E-state index in [0.717, 1.165) is 12.8 Å². The van der Waals surface area contributed by atoms with E-state index in [1.165, 1.54) is 4.90 Å². The highest BCUT2D eigenvalue weighted by atomic mass is 35.7. The van der Waals surface area contributed by atoms with Gasteiger partial charge in [-0.25, -0.2) is 13.3 Å². The number of benzene rings is 1. The second-order valence-electron chi connectivity index (χ2n) is 6.67. The van der Waals surface area contributed by atoms with Crippen LogP contribution in [-0.4, -0.2) is 20.2 Å². The van der Waals surface area contributed by atoms with Crippen molar-refractivity contribution >= 4 is 37.2 Å². The van der Waals surface area contributed by atoms with Crippen LogP contribution in [0.3, 0.4) is 0 Å². The number of hydrogen-bond acceptors (Lipinski definition) is 4. The molecule has 5 rings (SSSR count). The number of nitrogens with zero attached hydrogens (tertiary/aromatic N) is 1. The third-order valence-corrected chi connectivity index (χ3v) is 6.30. The van der Waals surface area contributed by atoms with E-state index in [9.17, 15) is 18.0 Å². The SMILES string of the molecule is O=C1C2C3C=CC(CC3)C2C(=O)N1c1ccccc1CS(=O)(=O)Cl. The van der Waals surface area contributed by atoms with Gasteiger partial charge in [-0.1, -0.05) is 30.4 Å². The minimum absolute atomic E-state index is 0.102. The number of amides is 2. The first-order chi connectivity index (χ1) is 11.4. The molecule has 0 N–H and O–H groups in total. The second kappa shape index (κ2) is 5.43. The number of rotatable bonds is 3. The van der Waals surface area contributed by atoms with Gasteiger partial charge in [0.15, 0.2) is 0 Å². The van der Waals surface area contributed by atoms with E-state index in [4.69, 9.17) is 10.7 Å². The zero-order valence-electron chi connectivity index (χ0n) is 12.8. The number of hydrogen-bond donors (Lipinski definition) is 0. The maximum atomic E-state index is 12.9. The van der Waals surface area contributed by atoms with E-state index >= 15 is 0 Å². The largest absolute Gasteiger partial charge is 0.274 e. The first-order valence-corrected chi connectivity index (χ1v) is 10.4. The molecule has 1 aliphatic heterocycles. The Hall–Kier alpha value is -1.66. The molecule has 1 heterocycles. The molecule has 4 atom stereocenters. The van der Waals surface area contributed by atoms with Gasteiger partial charge in [0.25, 0.3) is 0 Å². The lowest BCUT2D eigenvalue weighted by Crippen LogP contribution is -2.38. The molecule has 1 saturated heterocycles. The molecule has 4 unspecified atom stereocenters. The molecular weight excluding hydrogens is 350 g/mol. The normalized spacial score (nSPS) is 31.6. The predicted molar refractivity (Wildman–Crippen MR) is 89.7 cm³/mol. The van der Waals surface area contributed by atoms with Crippen LogP contribution in [0.15, 0.2) is 36.4 Å². The van der Waals surface area contributed by atoms with Gasteiger partial charge in [0, 0.05) is 10.7 Å². The highest BCUT2D eigenvalue weighted by Crippen LogP contribution is 2.50. The lowest BCUT2D eigenvalue weighted by atomic mass is 9.63. The summed E-state index contributed by atoms with van der Waals surface area (Å²) in [4.78, 5) is 27.1. The average Bonchev–Trinajstić information content (AvgIpc) is 2.82. The quantitative estimate of drug-likeness (QED) is 0.468. The summed E-state index contributed by atoms with van der Waals surface area (Å²) in [6.45, 7) is 0. The zero-order valence-corrected chi connectivity index (χ0v) is 14.3. The molecule has 24 heavy (non-hydrogen) atoms. The van der Waals surface area contributed by atoms with Crippen molar-refractivity contribution < 1.29 is 18.0 Å². The molecule has 5 nitrogen and oxygen atoms in total. The number of para-hydroxylation sites is 1. The standard InChI is InChI=1S/C17H16ClNO4S/c18-24(22,23)9-12-3-1-2-4-13(12)19-16(20)14-10-5-6-11(8-7-10)15(14)17(19)21/h1-6,10-11,14-15H,7-9H2. The molecule has 1 aromatic carbocycles. The van der Waals surface area contributed by atoms with Gasteiger partial charge < -0.3 is 0 Å². The lowest BCUT2D eigenvalue weighted by Gasteiger charge is -2.38. The van der Waals surface area contributed by atoms with Gasteiger partial charge in [-0.05, 0) is 36.3 Å². The predicted octanol–water partition coefficient (Wildman–Crippen LogP) is 2.46. The van der Waals surface area contributed by atoms with Crippen molar-refractivity contribution in [1.82, 2.24) is 0 Å². The van der Waals surface area contributed by atoms with Crippen molar-refractivity contribution in [3.8, 4) is 0 Å². The van der Waals surface area contributed by atoms with E-state index in [1.54, 1.807) is 24.3 Å². The Bertz CT molecular complexity index is 831. The molecule has 0 aromatic heterocycles. The fourth-order valence-electron chi connectivity index (χ4n) is 4.35. The van der Waals surface area contributed by atoms with Gasteiger partial charge in [-0.2, -0.15) is 0 Å². The van der Waals surface area contributed by atoms with E-state index in [-0.39, 0.29) is 35.5 Å². The van der Waals surface area contributed by atoms with E-state index < -0.39 is 14.8 Å². The second-order valence-corrected chi connectivity index (χ2v) is 9.44. The van der Waals surface area contributed by atoms with Crippen LogP contribution in [0, 0.1) is 23.7 Å². The van der Waals surface area contributed by atoms with Crippen LogP contribution in [0.5, 0.6) is 0 Å². The van der Waals surface area contributed by atoms with Crippen molar-refractivity contribution in [1.29, 1.82) is 0 Å². The van der Waals surface area contributed by atoms with Crippen LogP contribution < -0.4 is 4.90 Å². The maximum Gasteiger partial charge on any atom is 0.238 e. The number of carbonyl (C=O) groups is 2. The summed E-state index contributed by atoms with van der Waals surface area (Å²) in [7, 11) is 1.58. The Morgan fingerprint density at radius 2 is 1.54 bits per heavy atom. The van der Waals surface area contributed by atoms with Crippen LogP contribution in [0.1, 0.15) is 18.4 Å². The molecule has 2 fully saturated rings. The summed E-state index contributed by atoms with van der Waals surface area (Å²) >= 11 is 0.